The molecule has 0 amide bonds. The molecule has 2 N–H and O–H groups in total. The predicted molar refractivity (Wildman–Crippen MR) is 96.9 cm³/mol. The Balaban J connectivity index is 1.88. The van der Waals surface area contributed by atoms with E-state index in [9.17, 15) is 5.11 Å². The second-order valence-corrected chi connectivity index (χ2v) is 7.24. The molecule has 0 aliphatic carbocycles. The van der Waals surface area contributed by atoms with Gasteiger partial charge in [0.2, 0.25) is 0 Å². The van der Waals surface area contributed by atoms with Crippen LogP contribution in [0.1, 0.15) is 42.1 Å². The van der Waals surface area contributed by atoms with Crippen LogP contribution < -0.4 is 5.32 Å². The summed E-state index contributed by atoms with van der Waals surface area (Å²) in [6.45, 7) is 4.51. The molecular formula is C21H22N2O. The standard InChI is InChI=1S/C21H22N2O/c1-21(2)11-18-15(13-24)7-5-8-17(18)20(23-21)16-10-14-6-3-4-9-19(14)22-12-16/h3-10,12,20,23-24H,11,13H2,1-2H3. The largest absolute Gasteiger partial charge is 0.392 e. The minimum Gasteiger partial charge on any atom is -0.392 e. The van der Waals surface area contributed by atoms with Crippen molar-refractivity contribution in [2.75, 3.05) is 0 Å². The molecule has 0 saturated carbocycles. The Morgan fingerprint density at radius 3 is 2.83 bits per heavy atom. The summed E-state index contributed by atoms with van der Waals surface area (Å²) in [4.78, 5) is 4.63. The summed E-state index contributed by atoms with van der Waals surface area (Å²) < 4.78 is 0. The first-order valence-corrected chi connectivity index (χ1v) is 8.41. The molecule has 1 unspecified atom stereocenters. The molecule has 3 heteroatoms. The van der Waals surface area contributed by atoms with Crippen molar-refractivity contribution in [2.45, 2.75) is 38.5 Å². The lowest BCUT2D eigenvalue weighted by atomic mass is 9.79. The Hall–Kier alpha value is -2.23. The van der Waals surface area contributed by atoms with Gasteiger partial charge in [-0.3, -0.25) is 4.98 Å². The normalized spacial score (nSPS) is 19.2. The molecule has 1 atom stereocenters. The third kappa shape index (κ3) is 2.60. The Morgan fingerprint density at radius 2 is 2.00 bits per heavy atom. The number of aromatic nitrogens is 1. The van der Waals surface area contributed by atoms with Gasteiger partial charge in [-0.05, 0) is 54.7 Å². The Labute approximate surface area is 142 Å². The van der Waals surface area contributed by atoms with E-state index < -0.39 is 0 Å². The van der Waals surface area contributed by atoms with Crippen LogP contribution in [-0.4, -0.2) is 15.6 Å². The number of fused-ring (bicyclic) bond motifs is 2. The van der Waals surface area contributed by atoms with Crippen molar-refractivity contribution < 1.29 is 5.11 Å². The lowest BCUT2D eigenvalue weighted by Gasteiger charge is -2.40. The maximum Gasteiger partial charge on any atom is 0.0702 e. The molecule has 3 aromatic rings. The second-order valence-electron chi connectivity index (χ2n) is 7.24. The number of hydrogen-bond acceptors (Lipinski definition) is 3. The minimum atomic E-state index is -0.0331. The van der Waals surface area contributed by atoms with Crippen LogP contribution in [-0.2, 0) is 13.0 Å². The zero-order chi connectivity index (χ0) is 16.7. The summed E-state index contributed by atoms with van der Waals surface area (Å²) in [5.41, 5.74) is 5.69. The van der Waals surface area contributed by atoms with Gasteiger partial charge in [-0.25, -0.2) is 0 Å². The number of hydrogen-bond donors (Lipinski definition) is 2. The average molecular weight is 318 g/mol. The molecule has 2 heterocycles. The molecule has 24 heavy (non-hydrogen) atoms. The fourth-order valence-electron chi connectivity index (χ4n) is 3.76. The summed E-state index contributed by atoms with van der Waals surface area (Å²) in [5, 5.41) is 14.6. The van der Waals surface area contributed by atoms with Gasteiger partial charge in [0, 0.05) is 17.1 Å². The Kier molecular flexibility index (Phi) is 3.63. The van der Waals surface area contributed by atoms with Gasteiger partial charge in [0.25, 0.3) is 0 Å². The maximum atomic E-state index is 9.73. The lowest BCUT2D eigenvalue weighted by molar-refractivity contribution is 0.274. The molecular weight excluding hydrogens is 296 g/mol. The van der Waals surface area contributed by atoms with E-state index in [1.54, 1.807) is 0 Å². The van der Waals surface area contributed by atoms with Crippen molar-refractivity contribution in [3.05, 3.63) is 77.0 Å². The second kappa shape index (κ2) is 5.69. The highest BCUT2D eigenvalue weighted by Gasteiger charge is 2.33. The monoisotopic (exact) mass is 318 g/mol. The smallest absolute Gasteiger partial charge is 0.0702 e. The molecule has 4 rings (SSSR count). The average Bonchev–Trinajstić information content (AvgIpc) is 2.59. The lowest BCUT2D eigenvalue weighted by Crippen LogP contribution is -2.48. The highest BCUT2D eigenvalue weighted by molar-refractivity contribution is 5.79. The Morgan fingerprint density at radius 1 is 1.17 bits per heavy atom. The van der Waals surface area contributed by atoms with E-state index in [0.29, 0.717) is 0 Å². The van der Waals surface area contributed by atoms with Crippen molar-refractivity contribution >= 4 is 10.9 Å². The molecule has 3 nitrogen and oxygen atoms in total. The van der Waals surface area contributed by atoms with Gasteiger partial charge in [-0.1, -0.05) is 36.4 Å². The number of aliphatic hydroxyl groups is 1. The van der Waals surface area contributed by atoms with E-state index in [2.05, 4.69) is 42.3 Å². The van der Waals surface area contributed by atoms with E-state index in [1.165, 1.54) is 11.1 Å². The third-order valence-corrected chi connectivity index (χ3v) is 4.89. The summed E-state index contributed by atoms with van der Waals surface area (Å²) in [6, 6.07) is 16.7. The molecule has 0 saturated heterocycles. The van der Waals surface area contributed by atoms with Gasteiger partial charge in [0.05, 0.1) is 18.2 Å². The number of pyridine rings is 1. The number of nitrogens with zero attached hydrogens (tertiary/aromatic N) is 1. The molecule has 0 bridgehead atoms. The number of rotatable bonds is 2. The highest BCUT2D eigenvalue weighted by atomic mass is 16.3. The SMILES string of the molecule is CC1(C)Cc2c(CO)cccc2C(c2cnc3ccccc3c2)N1. The van der Waals surface area contributed by atoms with E-state index in [1.807, 2.05) is 36.5 Å². The van der Waals surface area contributed by atoms with E-state index in [0.717, 1.165) is 28.5 Å². The first kappa shape index (κ1) is 15.3. The molecule has 1 aliphatic rings. The van der Waals surface area contributed by atoms with E-state index in [4.69, 9.17) is 0 Å². The molecule has 0 radical (unpaired) electrons. The molecule has 122 valence electrons. The number of para-hydroxylation sites is 1. The van der Waals surface area contributed by atoms with Crippen LogP contribution in [0.3, 0.4) is 0 Å². The molecule has 0 fully saturated rings. The minimum absolute atomic E-state index is 0.0331. The van der Waals surface area contributed by atoms with Crippen molar-refractivity contribution in [1.29, 1.82) is 0 Å². The van der Waals surface area contributed by atoms with Crippen LogP contribution in [0.2, 0.25) is 0 Å². The summed E-state index contributed by atoms with van der Waals surface area (Å²) in [5.74, 6) is 0. The van der Waals surface area contributed by atoms with Crippen LogP contribution in [0.25, 0.3) is 10.9 Å². The molecule has 1 aliphatic heterocycles. The zero-order valence-electron chi connectivity index (χ0n) is 14.1. The summed E-state index contributed by atoms with van der Waals surface area (Å²) >= 11 is 0. The van der Waals surface area contributed by atoms with Gasteiger partial charge in [-0.15, -0.1) is 0 Å². The van der Waals surface area contributed by atoms with Crippen molar-refractivity contribution in [1.82, 2.24) is 10.3 Å². The van der Waals surface area contributed by atoms with Crippen LogP contribution in [0.4, 0.5) is 0 Å². The first-order chi connectivity index (χ1) is 11.6. The first-order valence-electron chi connectivity index (χ1n) is 8.41. The molecule has 1 aromatic heterocycles. The number of aliphatic hydroxyl groups excluding tert-OH is 1. The van der Waals surface area contributed by atoms with Crippen molar-refractivity contribution in [3.8, 4) is 0 Å². The summed E-state index contributed by atoms with van der Waals surface area (Å²) in [6.07, 6.45) is 2.88. The quantitative estimate of drug-likeness (QED) is 0.756. The van der Waals surface area contributed by atoms with Crippen molar-refractivity contribution in [2.24, 2.45) is 0 Å². The maximum absolute atomic E-state index is 9.73. The van der Waals surface area contributed by atoms with Gasteiger partial charge in [0.15, 0.2) is 0 Å². The van der Waals surface area contributed by atoms with Crippen LogP contribution in [0, 0.1) is 0 Å². The number of benzene rings is 2. The van der Waals surface area contributed by atoms with E-state index in [-0.39, 0.29) is 18.2 Å². The Bertz CT molecular complexity index is 901. The van der Waals surface area contributed by atoms with E-state index >= 15 is 0 Å². The van der Waals surface area contributed by atoms with Crippen LogP contribution in [0.5, 0.6) is 0 Å². The number of nitrogens with one attached hydrogen (secondary N) is 1. The predicted octanol–water partition coefficient (Wildman–Crippen LogP) is 3.74. The fraction of sp³-hybridized carbons (Fsp3) is 0.286. The van der Waals surface area contributed by atoms with Crippen molar-refractivity contribution in [3.63, 3.8) is 0 Å². The van der Waals surface area contributed by atoms with Gasteiger partial charge in [-0.2, -0.15) is 0 Å². The highest BCUT2D eigenvalue weighted by Crippen LogP contribution is 2.36. The molecule has 0 spiro atoms. The fourth-order valence-corrected chi connectivity index (χ4v) is 3.76. The van der Waals surface area contributed by atoms with Crippen LogP contribution in [0.15, 0.2) is 54.7 Å². The van der Waals surface area contributed by atoms with Gasteiger partial charge >= 0.3 is 0 Å². The van der Waals surface area contributed by atoms with Crippen LogP contribution >= 0.6 is 0 Å². The summed E-state index contributed by atoms with van der Waals surface area (Å²) in [7, 11) is 0. The third-order valence-electron chi connectivity index (χ3n) is 4.89. The topological polar surface area (TPSA) is 45.2 Å². The zero-order valence-corrected chi connectivity index (χ0v) is 14.1. The molecule has 2 aromatic carbocycles. The van der Waals surface area contributed by atoms with Gasteiger partial charge in [0.1, 0.15) is 0 Å². The van der Waals surface area contributed by atoms with Gasteiger partial charge < -0.3 is 10.4 Å².